The van der Waals surface area contributed by atoms with Crippen LogP contribution in [0.15, 0.2) is 85.1 Å². The Morgan fingerprint density at radius 3 is 0.921 bits per heavy atom. The van der Waals surface area contributed by atoms with Crippen LogP contribution >= 0.6 is 0 Å². The monoisotopic (exact) mass is 877 g/mol. The Morgan fingerprint density at radius 1 is 0.317 bits per heavy atom. The van der Waals surface area contributed by atoms with E-state index in [4.69, 9.17) is 14.2 Å². The van der Waals surface area contributed by atoms with Gasteiger partial charge in [-0.15, -0.1) is 0 Å². The Balaban J connectivity index is 4.50. The van der Waals surface area contributed by atoms with Crippen molar-refractivity contribution < 1.29 is 28.6 Å². The van der Waals surface area contributed by atoms with E-state index in [9.17, 15) is 14.4 Å². The molecule has 0 amide bonds. The van der Waals surface area contributed by atoms with Crippen molar-refractivity contribution in [3.8, 4) is 0 Å². The number of allylic oxidation sites excluding steroid dienone is 14. The summed E-state index contributed by atoms with van der Waals surface area (Å²) >= 11 is 0. The molecule has 0 rings (SSSR count). The van der Waals surface area contributed by atoms with E-state index >= 15 is 0 Å². The van der Waals surface area contributed by atoms with Gasteiger partial charge in [0.25, 0.3) is 0 Å². The molecule has 0 fully saturated rings. The van der Waals surface area contributed by atoms with Gasteiger partial charge in [0.2, 0.25) is 0 Å². The zero-order chi connectivity index (χ0) is 45.8. The third-order valence-electron chi connectivity index (χ3n) is 10.8. The molecule has 0 radical (unpaired) electrons. The summed E-state index contributed by atoms with van der Waals surface area (Å²) in [4.78, 5) is 38.0. The Labute approximate surface area is 388 Å². The number of carbonyl (C=O) groups excluding carboxylic acids is 3. The zero-order valence-electron chi connectivity index (χ0n) is 41.1. The minimum Gasteiger partial charge on any atom is -0.462 e. The maximum absolute atomic E-state index is 12.8. The van der Waals surface area contributed by atoms with Crippen molar-refractivity contribution in [1.29, 1.82) is 0 Å². The molecule has 0 saturated heterocycles. The van der Waals surface area contributed by atoms with E-state index in [0.717, 1.165) is 122 Å². The van der Waals surface area contributed by atoms with E-state index in [1.54, 1.807) is 0 Å². The summed E-state index contributed by atoms with van der Waals surface area (Å²) < 4.78 is 16.7. The van der Waals surface area contributed by atoms with Crippen molar-refractivity contribution in [3.05, 3.63) is 85.1 Å². The summed E-state index contributed by atoms with van der Waals surface area (Å²) in [7, 11) is 0. The molecular weight excluding hydrogens is 781 g/mol. The van der Waals surface area contributed by atoms with E-state index in [1.165, 1.54) is 77.0 Å². The lowest BCUT2D eigenvalue weighted by molar-refractivity contribution is -0.167. The number of unbranched alkanes of at least 4 members (excludes halogenated alkanes) is 21. The molecule has 0 bridgehead atoms. The number of carbonyl (C=O) groups is 3. The predicted molar refractivity (Wildman–Crippen MR) is 270 cm³/mol. The second kappa shape index (κ2) is 51.2. The first-order chi connectivity index (χ1) is 31.0. The number of esters is 3. The molecule has 0 spiro atoms. The number of rotatable bonds is 46. The second-order valence-electron chi connectivity index (χ2n) is 17.1. The molecule has 0 saturated carbocycles. The molecule has 6 nitrogen and oxygen atoms in total. The number of hydrogen-bond donors (Lipinski definition) is 0. The molecule has 0 aromatic heterocycles. The first kappa shape index (κ1) is 59.6. The quantitative estimate of drug-likeness (QED) is 0.0262. The van der Waals surface area contributed by atoms with Crippen molar-refractivity contribution in [2.24, 2.45) is 0 Å². The first-order valence-electron chi connectivity index (χ1n) is 26.1. The molecule has 0 aliphatic rings. The van der Waals surface area contributed by atoms with Crippen LogP contribution in [-0.2, 0) is 28.6 Å². The maximum Gasteiger partial charge on any atom is 0.306 e. The zero-order valence-corrected chi connectivity index (χ0v) is 41.1. The molecule has 0 heterocycles. The van der Waals surface area contributed by atoms with Gasteiger partial charge in [0.1, 0.15) is 13.2 Å². The van der Waals surface area contributed by atoms with Crippen LogP contribution in [0, 0.1) is 0 Å². The molecule has 1 atom stereocenters. The molecule has 0 N–H and O–H groups in total. The van der Waals surface area contributed by atoms with Crippen molar-refractivity contribution in [2.75, 3.05) is 13.2 Å². The van der Waals surface area contributed by atoms with Crippen LogP contribution in [0.1, 0.15) is 239 Å². The van der Waals surface area contributed by atoms with Gasteiger partial charge >= 0.3 is 17.9 Å². The van der Waals surface area contributed by atoms with Gasteiger partial charge in [-0.05, 0) is 122 Å². The smallest absolute Gasteiger partial charge is 0.306 e. The van der Waals surface area contributed by atoms with Gasteiger partial charge < -0.3 is 14.2 Å². The standard InChI is InChI=1S/C57H96O6/c1-4-7-10-13-16-19-22-25-28-31-34-37-40-43-46-49-55(58)61-52-54(63-57(60)51-48-45-42-39-36-33-30-27-24-21-18-15-12-9-6-3)53-62-56(59)50-47-44-41-38-35-32-29-26-23-20-17-14-11-8-5-2/h16-21,25-30,34,37,54H,4-15,22-24,31-33,35-36,38-53H2,1-3H3/t54-/m0/s1. The lowest BCUT2D eigenvalue weighted by Gasteiger charge is -2.18. The van der Waals surface area contributed by atoms with Gasteiger partial charge in [-0.25, -0.2) is 0 Å². The third kappa shape index (κ3) is 49.5. The van der Waals surface area contributed by atoms with Crippen molar-refractivity contribution in [2.45, 2.75) is 245 Å². The van der Waals surface area contributed by atoms with Gasteiger partial charge in [-0.3, -0.25) is 14.4 Å². The van der Waals surface area contributed by atoms with E-state index in [1.807, 2.05) is 0 Å². The van der Waals surface area contributed by atoms with Crippen molar-refractivity contribution in [3.63, 3.8) is 0 Å². The second-order valence-corrected chi connectivity index (χ2v) is 17.1. The molecule has 0 aromatic rings. The number of ether oxygens (including phenoxy) is 3. The predicted octanol–water partition coefficient (Wildman–Crippen LogP) is 17.2. The van der Waals surface area contributed by atoms with Gasteiger partial charge in [0.15, 0.2) is 6.10 Å². The van der Waals surface area contributed by atoms with Crippen LogP contribution in [-0.4, -0.2) is 37.2 Å². The molecule has 63 heavy (non-hydrogen) atoms. The Hall–Kier alpha value is -3.41. The molecular formula is C57H96O6. The lowest BCUT2D eigenvalue weighted by Crippen LogP contribution is -2.30. The van der Waals surface area contributed by atoms with Gasteiger partial charge in [-0.2, -0.15) is 0 Å². The Morgan fingerprint density at radius 2 is 0.571 bits per heavy atom. The average molecular weight is 877 g/mol. The summed E-state index contributed by atoms with van der Waals surface area (Å²) in [5.74, 6) is -0.970. The third-order valence-corrected chi connectivity index (χ3v) is 10.8. The molecule has 360 valence electrons. The van der Waals surface area contributed by atoms with Gasteiger partial charge in [0, 0.05) is 19.3 Å². The molecule has 0 aliphatic carbocycles. The van der Waals surface area contributed by atoms with Crippen LogP contribution in [0.5, 0.6) is 0 Å². The van der Waals surface area contributed by atoms with Crippen LogP contribution in [0.4, 0.5) is 0 Å². The van der Waals surface area contributed by atoms with E-state index < -0.39 is 6.10 Å². The highest BCUT2D eigenvalue weighted by Crippen LogP contribution is 2.13. The highest BCUT2D eigenvalue weighted by molar-refractivity contribution is 5.71. The highest BCUT2D eigenvalue weighted by Gasteiger charge is 2.19. The summed E-state index contributed by atoms with van der Waals surface area (Å²) in [6.45, 7) is 6.49. The SMILES string of the molecule is CCCCCC=CCC=CCC=CCCCCC(=O)OC[C@@H](COC(=O)CCCCCCCC=CCC=CCCCCC)OC(=O)CCCCCCCC=CCC=CCCCCC. The molecule has 6 heteroatoms. The summed E-state index contributed by atoms with van der Waals surface area (Å²) in [6.07, 6.45) is 65.6. The Bertz CT molecular complexity index is 1240. The fourth-order valence-electron chi connectivity index (χ4n) is 6.86. The molecule has 0 aromatic carbocycles. The first-order valence-corrected chi connectivity index (χ1v) is 26.1. The van der Waals surface area contributed by atoms with Gasteiger partial charge in [0.05, 0.1) is 0 Å². The van der Waals surface area contributed by atoms with Crippen LogP contribution < -0.4 is 0 Å². The van der Waals surface area contributed by atoms with Crippen LogP contribution in [0.25, 0.3) is 0 Å². The fraction of sp³-hybridized carbons (Fsp3) is 0.702. The molecule has 0 unspecified atom stereocenters. The minimum atomic E-state index is -0.805. The normalized spacial score (nSPS) is 12.7. The van der Waals surface area contributed by atoms with Gasteiger partial charge in [-0.1, -0.05) is 183 Å². The highest BCUT2D eigenvalue weighted by atomic mass is 16.6. The maximum atomic E-state index is 12.8. The van der Waals surface area contributed by atoms with E-state index in [-0.39, 0.29) is 31.1 Å². The number of hydrogen-bond acceptors (Lipinski definition) is 6. The average Bonchev–Trinajstić information content (AvgIpc) is 3.28. The summed E-state index contributed by atoms with van der Waals surface area (Å²) in [6, 6.07) is 0. The van der Waals surface area contributed by atoms with Crippen molar-refractivity contribution in [1.82, 2.24) is 0 Å². The summed E-state index contributed by atoms with van der Waals surface area (Å²) in [5.41, 5.74) is 0. The molecule has 0 aliphatic heterocycles. The summed E-state index contributed by atoms with van der Waals surface area (Å²) in [5, 5.41) is 0. The minimum absolute atomic E-state index is 0.102. The topological polar surface area (TPSA) is 78.9 Å². The largest absolute Gasteiger partial charge is 0.462 e. The van der Waals surface area contributed by atoms with E-state index in [2.05, 4.69) is 106 Å². The van der Waals surface area contributed by atoms with E-state index in [0.29, 0.717) is 19.3 Å². The van der Waals surface area contributed by atoms with Crippen LogP contribution in [0.3, 0.4) is 0 Å². The lowest BCUT2D eigenvalue weighted by atomic mass is 10.1. The van der Waals surface area contributed by atoms with Crippen LogP contribution in [0.2, 0.25) is 0 Å². The fourth-order valence-corrected chi connectivity index (χ4v) is 6.86. The Kier molecular flexibility index (Phi) is 48.5. The van der Waals surface area contributed by atoms with Crippen molar-refractivity contribution >= 4 is 17.9 Å².